The topological polar surface area (TPSA) is 44.5 Å². The number of nitrogen functional groups attached to an aromatic ring is 1. The maximum atomic E-state index is 5.64. The molecular weight excluding hydrogens is 178 g/mol. The van der Waals surface area contributed by atoms with Crippen LogP contribution in [0.3, 0.4) is 0 Å². The molecule has 1 aliphatic heterocycles. The van der Waals surface area contributed by atoms with E-state index in [4.69, 9.17) is 15.2 Å². The fourth-order valence-electron chi connectivity index (χ4n) is 1.10. The number of ether oxygens (including phenoxy) is 2. The summed E-state index contributed by atoms with van der Waals surface area (Å²) >= 11 is 0. The average molecular weight is 188 g/mol. The molecule has 4 heteroatoms. The predicted molar refractivity (Wildman–Crippen MR) is 49.1 cm³/mol. The number of fused-ring (bicyclic) bond motifs is 1. The summed E-state index contributed by atoms with van der Waals surface area (Å²) in [5.41, 5.74) is 6.28. The molecule has 0 atom stereocenters. The third-order valence-electron chi connectivity index (χ3n) is 1.60. The lowest BCUT2D eigenvalue weighted by atomic mass is 10.2. The van der Waals surface area contributed by atoms with Crippen LogP contribution in [-0.2, 0) is 0 Å². The van der Waals surface area contributed by atoms with Crippen LogP contribution in [0.5, 0.6) is 11.5 Å². The normalized spacial score (nSPS) is 13.3. The number of anilines is 1. The zero-order valence-corrected chi connectivity index (χ0v) is 7.26. The quantitative estimate of drug-likeness (QED) is 0.626. The summed E-state index contributed by atoms with van der Waals surface area (Å²) in [4.78, 5) is 0. The second-order valence-corrected chi connectivity index (χ2v) is 2.37. The third-order valence-corrected chi connectivity index (χ3v) is 1.60. The molecule has 0 aliphatic carbocycles. The molecule has 1 aromatic carbocycles. The lowest BCUT2D eigenvalue weighted by Gasteiger charge is -2.19. The zero-order chi connectivity index (χ0) is 7.68. The van der Waals surface area contributed by atoms with Gasteiger partial charge in [0.2, 0.25) is 0 Å². The molecule has 0 radical (unpaired) electrons. The average Bonchev–Trinajstić information content (AvgIpc) is 2.06. The molecule has 0 bridgehead atoms. The molecule has 0 amide bonds. The van der Waals surface area contributed by atoms with Crippen LogP contribution in [-0.4, -0.2) is 13.2 Å². The summed E-state index contributed by atoms with van der Waals surface area (Å²) in [7, 11) is 0. The van der Waals surface area contributed by atoms with Crippen molar-refractivity contribution in [2.45, 2.75) is 0 Å². The summed E-state index contributed by atoms with van der Waals surface area (Å²) in [5.74, 6) is 1.43. The van der Waals surface area contributed by atoms with E-state index in [9.17, 15) is 0 Å². The van der Waals surface area contributed by atoms with Gasteiger partial charge in [0.25, 0.3) is 0 Å². The van der Waals surface area contributed by atoms with Crippen molar-refractivity contribution in [3.05, 3.63) is 18.2 Å². The van der Waals surface area contributed by atoms with Crippen molar-refractivity contribution < 1.29 is 9.47 Å². The second kappa shape index (κ2) is 3.54. The van der Waals surface area contributed by atoms with Crippen molar-refractivity contribution in [2.24, 2.45) is 0 Å². The van der Waals surface area contributed by atoms with Gasteiger partial charge in [-0.05, 0) is 12.1 Å². The summed E-state index contributed by atoms with van der Waals surface area (Å²) in [6.45, 7) is 1.19. The van der Waals surface area contributed by atoms with Gasteiger partial charge in [0.15, 0.2) is 11.5 Å². The molecule has 0 aromatic heterocycles. The number of nitrogens with two attached hydrogens (primary N) is 1. The monoisotopic (exact) mass is 187 g/mol. The van der Waals surface area contributed by atoms with E-state index in [2.05, 4.69) is 0 Å². The third kappa shape index (κ3) is 1.41. The van der Waals surface area contributed by atoms with Crippen LogP contribution in [0.25, 0.3) is 0 Å². The van der Waals surface area contributed by atoms with Gasteiger partial charge < -0.3 is 15.2 Å². The summed E-state index contributed by atoms with van der Waals surface area (Å²) in [6.07, 6.45) is 0. The largest absolute Gasteiger partial charge is 0.486 e. The Balaban J connectivity index is 0.000000720. The van der Waals surface area contributed by atoms with E-state index in [0.717, 1.165) is 5.75 Å². The van der Waals surface area contributed by atoms with Crippen LogP contribution in [0.15, 0.2) is 18.2 Å². The van der Waals surface area contributed by atoms with Crippen molar-refractivity contribution in [1.82, 2.24) is 0 Å². The summed E-state index contributed by atoms with van der Waals surface area (Å²) in [5, 5.41) is 0. The summed E-state index contributed by atoms with van der Waals surface area (Å²) in [6, 6.07) is 5.50. The van der Waals surface area contributed by atoms with Gasteiger partial charge in [-0.1, -0.05) is 6.07 Å². The van der Waals surface area contributed by atoms with E-state index in [0.29, 0.717) is 24.7 Å². The van der Waals surface area contributed by atoms with Gasteiger partial charge in [-0.2, -0.15) is 0 Å². The lowest BCUT2D eigenvalue weighted by molar-refractivity contribution is 0.172. The molecule has 3 nitrogen and oxygen atoms in total. The Labute approximate surface area is 76.9 Å². The highest BCUT2D eigenvalue weighted by molar-refractivity contribution is 5.85. The van der Waals surface area contributed by atoms with Crippen LogP contribution in [0.1, 0.15) is 0 Å². The van der Waals surface area contributed by atoms with Crippen molar-refractivity contribution >= 4 is 18.1 Å². The maximum Gasteiger partial charge on any atom is 0.184 e. The fourth-order valence-corrected chi connectivity index (χ4v) is 1.10. The van der Waals surface area contributed by atoms with Crippen LogP contribution < -0.4 is 15.2 Å². The lowest BCUT2D eigenvalue weighted by Crippen LogP contribution is -2.16. The highest BCUT2D eigenvalue weighted by atomic mass is 35.5. The fraction of sp³-hybridized carbons (Fsp3) is 0.250. The van der Waals surface area contributed by atoms with Gasteiger partial charge in [0, 0.05) is 0 Å². The Hall–Kier alpha value is -1.09. The number of benzene rings is 1. The Kier molecular flexibility index (Phi) is 2.65. The Morgan fingerprint density at radius 1 is 1.17 bits per heavy atom. The van der Waals surface area contributed by atoms with E-state index in [1.807, 2.05) is 12.1 Å². The summed E-state index contributed by atoms with van der Waals surface area (Å²) < 4.78 is 10.6. The number of para-hydroxylation sites is 1. The minimum absolute atomic E-state index is 0. The first-order valence-corrected chi connectivity index (χ1v) is 3.52. The van der Waals surface area contributed by atoms with Crippen molar-refractivity contribution in [3.63, 3.8) is 0 Å². The van der Waals surface area contributed by atoms with E-state index >= 15 is 0 Å². The molecule has 0 fully saturated rings. The highest BCUT2D eigenvalue weighted by Crippen LogP contribution is 2.34. The molecule has 0 saturated heterocycles. The molecule has 0 saturated carbocycles. The highest BCUT2D eigenvalue weighted by Gasteiger charge is 2.12. The first kappa shape index (κ1) is 9.00. The van der Waals surface area contributed by atoms with Crippen molar-refractivity contribution in [2.75, 3.05) is 18.9 Å². The van der Waals surface area contributed by atoms with Gasteiger partial charge in [-0.15, -0.1) is 12.4 Å². The first-order valence-electron chi connectivity index (χ1n) is 3.52. The molecule has 66 valence electrons. The molecule has 2 N–H and O–H groups in total. The SMILES string of the molecule is Cl.Nc1cccc2c1OCCO2. The van der Waals surface area contributed by atoms with Crippen LogP contribution in [0.4, 0.5) is 5.69 Å². The molecule has 1 heterocycles. The van der Waals surface area contributed by atoms with Crippen molar-refractivity contribution in [1.29, 1.82) is 0 Å². The second-order valence-electron chi connectivity index (χ2n) is 2.37. The number of rotatable bonds is 0. The standard InChI is InChI=1S/C8H9NO2.ClH/c9-6-2-1-3-7-8(6)11-5-4-10-7;/h1-3H,4-5,9H2;1H. The van der Waals surface area contributed by atoms with Gasteiger partial charge >= 0.3 is 0 Å². The minimum Gasteiger partial charge on any atom is -0.486 e. The molecule has 0 unspecified atom stereocenters. The molecule has 1 aromatic rings. The van der Waals surface area contributed by atoms with E-state index in [1.165, 1.54) is 0 Å². The number of hydrogen-bond donors (Lipinski definition) is 1. The molecule has 1 aliphatic rings. The van der Waals surface area contributed by atoms with Gasteiger partial charge in [-0.3, -0.25) is 0 Å². The van der Waals surface area contributed by atoms with E-state index in [-0.39, 0.29) is 12.4 Å². The molecule has 12 heavy (non-hydrogen) atoms. The minimum atomic E-state index is 0. The van der Waals surface area contributed by atoms with Crippen LogP contribution >= 0.6 is 12.4 Å². The van der Waals surface area contributed by atoms with Crippen LogP contribution in [0, 0.1) is 0 Å². The molecule has 2 rings (SSSR count). The van der Waals surface area contributed by atoms with Crippen molar-refractivity contribution in [3.8, 4) is 11.5 Å². The van der Waals surface area contributed by atoms with Gasteiger partial charge in [0.05, 0.1) is 5.69 Å². The van der Waals surface area contributed by atoms with Crippen LogP contribution in [0.2, 0.25) is 0 Å². The smallest absolute Gasteiger partial charge is 0.184 e. The van der Waals surface area contributed by atoms with E-state index in [1.54, 1.807) is 6.07 Å². The van der Waals surface area contributed by atoms with Gasteiger partial charge in [-0.25, -0.2) is 0 Å². The number of hydrogen-bond acceptors (Lipinski definition) is 3. The Morgan fingerprint density at radius 2 is 1.92 bits per heavy atom. The Morgan fingerprint density at radius 3 is 2.67 bits per heavy atom. The number of halogens is 1. The predicted octanol–water partition coefficient (Wildman–Crippen LogP) is 1.46. The Bertz CT molecular complexity index is 278. The van der Waals surface area contributed by atoms with E-state index < -0.39 is 0 Å². The van der Waals surface area contributed by atoms with Gasteiger partial charge in [0.1, 0.15) is 13.2 Å². The zero-order valence-electron chi connectivity index (χ0n) is 6.45. The molecule has 0 spiro atoms. The first-order chi connectivity index (χ1) is 5.38. The maximum absolute atomic E-state index is 5.64. The molecular formula is C8H10ClNO2.